The third-order valence-electron chi connectivity index (χ3n) is 3.57. The fraction of sp³-hybridized carbons (Fsp3) is 0.667. The predicted octanol–water partition coefficient (Wildman–Crippen LogP) is 2.51. The molecule has 19 heavy (non-hydrogen) atoms. The lowest BCUT2D eigenvalue weighted by molar-refractivity contribution is -0.141. The van der Waals surface area contributed by atoms with Crippen molar-refractivity contribution in [3.63, 3.8) is 0 Å². The summed E-state index contributed by atoms with van der Waals surface area (Å²) in [4.78, 5) is 15.7. The Morgan fingerprint density at radius 1 is 1.47 bits per heavy atom. The molecule has 1 aromatic rings. The van der Waals surface area contributed by atoms with E-state index < -0.39 is 0 Å². The van der Waals surface area contributed by atoms with E-state index in [0.29, 0.717) is 12.5 Å². The number of thiophene rings is 1. The fourth-order valence-corrected chi connectivity index (χ4v) is 3.57. The zero-order chi connectivity index (χ0) is 14.0. The molecular formula is C15H24N2OS. The number of carbonyl (C=O) groups excluding carboxylic acids is 1. The highest BCUT2D eigenvalue weighted by molar-refractivity contribution is 7.09. The summed E-state index contributed by atoms with van der Waals surface area (Å²) in [6.07, 6.45) is 2.06. The van der Waals surface area contributed by atoms with Gasteiger partial charge in [0.1, 0.15) is 0 Å². The molecule has 0 saturated carbocycles. The van der Waals surface area contributed by atoms with Crippen molar-refractivity contribution in [3.8, 4) is 0 Å². The summed E-state index contributed by atoms with van der Waals surface area (Å²) in [7, 11) is 0. The predicted molar refractivity (Wildman–Crippen MR) is 80.1 cm³/mol. The summed E-state index contributed by atoms with van der Waals surface area (Å²) >= 11 is 1.79. The van der Waals surface area contributed by atoms with Gasteiger partial charge in [-0.2, -0.15) is 0 Å². The van der Waals surface area contributed by atoms with Crippen LogP contribution in [0.2, 0.25) is 0 Å². The molecule has 0 radical (unpaired) electrons. The van der Waals surface area contributed by atoms with Gasteiger partial charge < -0.3 is 10.6 Å². The van der Waals surface area contributed by atoms with E-state index in [1.807, 2.05) is 25.7 Å². The number of nitrogens with two attached hydrogens (primary N) is 1. The summed E-state index contributed by atoms with van der Waals surface area (Å²) in [5.74, 6) is 0.715. The van der Waals surface area contributed by atoms with E-state index in [-0.39, 0.29) is 17.4 Å². The number of amides is 1. The second kappa shape index (κ2) is 5.63. The van der Waals surface area contributed by atoms with Crippen LogP contribution in [-0.4, -0.2) is 29.9 Å². The molecule has 2 atom stereocenters. The van der Waals surface area contributed by atoms with Gasteiger partial charge in [-0.05, 0) is 30.2 Å². The summed E-state index contributed by atoms with van der Waals surface area (Å²) in [6.45, 7) is 7.48. The number of hydrogen-bond donors (Lipinski definition) is 1. The van der Waals surface area contributed by atoms with Crippen LogP contribution in [0.1, 0.15) is 32.1 Å². The molecule has 2 heterocycles. The third kappa shape index (κ3) is 3.80. The molecule has 2 unspecified atom stereocenters. The van der Waals surface area contributed by atoms with E-state index in [1.165, 1.54) is 4.88 Å². The Morgan fingerprint density at radius 2 is 2.21 bits per heavy atom. The van der Waals surface area contributed by atoms with Gasteiger partial charge in [0.15, 0.2) is 0 Å². The van der Waals surface area contributed by atoms with Crippen LogP contribution in [0, 0.1) is 11.3 Å². The summed E-state index contributed by atoms with van der Waals surface area (Å²) in [5, 5.41) is 2.11. The standard InChI is InChI=1S/C15H24N2OS/c1-15(2,3)14(18)17-9-11(7-12(16)10-17)8-13-5-4-6-19-13/h4-6,11-12H,7-10,16H2,1-3H3. The molecule has 106 valence electrons. The third-order valence-corrected chi connectivity index (χ3v) is 4.47. The Kier molecular flexibility index (Phi) is 4.31. The Hall–Kier alpha value is -0.870. The van der Waals surface area contributed by atoms with Gasteiger partial charge in [0, 0.05) is 29.4 Å². The first kappa shape index (κ1) is 14.5. The van der Waals surface area contributed by atoms with E-state index in [1.54, 1.807) is 11.3 Å². The number of likely N-dealkylation sites (tertiary alicyclic amines) is 1. The molecule has 1 aliphatic heterocycles. The Labute approximate surface area is 119 Å². The topological polar surface area (TPSA) is 46.3 Å². The van der Waals surface area contributed by atoms with Crippen LogP contribution in [0.25, 0.3) is 0 Å². The summed E-state index contributed by atoms with van der Waals surface area (Å²) in [6, 6.07) is 4.37. The van der Waals surface area contributed by atoms with Gasteiger partial charge in [0.2, 0.25) is 5.91 Å². The Morgan fingerprint density at radius 3 is 2.79 bits per heavy atom. The number of carbonyl (C=O) groups is 1. The Bertz CT molecular complexity index is 422. The van der Waals surface area contributed by atoms with E-state index in [2.05, 4.69) is 17.5 Å². The molecule has 1 fully saturated rings. The molecular weight excluding hydrogens is 256 g/mol. The van der Waals surface area contributed by atoms with E-state index in [0.717, 1.165) is 19.4 Å². The maximum absolute atomic E-state index is 12.4. The first-order valence-corrected chi connectivity index (χ1v) is 7.81. The molecule has 2 N–H and O–H groups in total. The molecule has 2 rings (SSSR count). The molecule has 0 bridgehead atoms. The van der Waals surface area contributed by atoms with Crippen LogP contribution in [0.4, 0.5) is 0 Å². The van der Waals surface area contributed by atoms with Crippen LogP contribution in [0.15, 0.2) is 17.5 Å². The molecule has 0 aromatic carbocycles. The van der Waals surface area contributed by atoms with E-state index in [9.17, 15) is 4.79 Å². The maximum Gasteiger partial charge on any atom is 0.228 e. The van der Waals surface area contributed by atoms with E-state index in [4.69, 9.17) is 5.73 Å². The molecule has 1 saturated heterocycles. The van der Waals surface area contributed by atoms with Crippen molar-refractivity contribution in [2.45, 2.75) is 39.7 Å². The van der Waals surface area contributed by atoms with Gasteiger partial charge in [0.05, 0.1) is 0 Å². The zero-order valence-electron chi connectivity index (χ0n) is 12.1. The van der Waals surface area contributed by atoms with Crippen molar-refractivity contribution in [1.29, 1.82) is 0 Å². The van der Waals surface area contributed by atoms with Crippen LogP contribution in [-0.2, 0) is 11.2 Å². The minimum absolute atomic E-state index is 0.116. The lowest BCUT2D eigenvalue weighted by Gasteiger charge is -2.39. The smallest absolute Gasteiger partial charge is 0.228 e. The van der Waals surface area contributed by atoms with Crippen molar-refractivity contribution < 1.29 is 4.79 Å². The number of hydrogen-bond acceptors (Lipinski definition) is 3. The van der Waals surface area contributed by atoms with Gasteiger partial charge in [-0.25, -0.2) is 0 Å². The van der Waals surface area contributed by atoms with Gasteiger partial charge in [-0.1, -0.05) is 26.8 Å². The van der Waals surface area contributed by atoms with Gasteiger partial charge in [-0.15, -0.1) is 11.3 Å². The van der Waals surface area contributed by atoms with Crippen LogP contribution >= 0.6 is 11.3 Å². The van der Waals surface area contributed by atoms with Crippen molar-refractivity contribution in [2.24, 2.45) is 17.1 Å². The number of piperidine rings is 1. The minimum Gasteiger partial charge on any atom is -0.340 e. The van der Waals surface area contributed by atoms with Crippen molar-refractivity contribution in [2.75, 3.05) is 13.1 Å². The quantitative estimate of drug-likeness (QED) is 0.905. The minimum atomic E-state index is -0.315. The average Bonchev–Trinajstić information content (AvgIpc) is 2.78. The monoisotopic (exact) mass is 280 g/mol. The normalized spacial score (nSPS) is 24.5. The van der Waals surface area contributed by atoms with Gasteiger partial charge in [-0.3, -0.25) is 4.79 Å². The van der Waals surface area contributed by atoms with Crippen molar-refractivity contribution in [3.05, 3.63) is 22.4 Å². The SMILES string of the molecule is CC(C)(C)C(=O)N1CC(N)CC(Cc2cccs2)C1. The molecule has 3 nitrogen and oxygen atoms in total. The van der Waals surface area contributed by atoms with Crippen molar-refractivity contribution in [1.82, 2.24) is 4.90 Å². The lowest BCUT2D eigenvalue weighted by Crippen LogP contribution is -2.52. The van der Waals surface area contributed by atoms with E-state index >= 15 is 0 Å². The second-order valence-electron chi connectivity index (χ2n) is 6.61. The highest BCUT2D eigenvalue weighted by atomic mass is 32.1. The Balaban J connectivity index is 2.02. The van der Waals surface area contributed by atoms with Crippen molar-refractivity contribution >= 4 is 17.2 Å². The number of rotatable bonds is 2. The van der Waals surface area contributed by atoms with Crippen LogP contribution < -0.4 is 5.73 Å². The fourth-order valence-electron chi connectivity index (χ4n) is 2.75. The largest absolute Gasteiger partial charge is 0.340 e. The van der Waals surface area contributed by atoms with Crippen LogP contribution in [0.3, 0.4) is 0 Å². The van der Waals surface area contributed by atoms with Gasteiger partial charge >= 0.3 is 0 Å². The molecule has 0 aliphatic carbocycles. The zero-order valence-corrected chi connectivity index (χ0v) is 12.9. The second-order valence-corrected chi connectivity index (χ2v) is 7.64. The molecule has 1 aromatic heterocycles. The molecule has 4 heteroatoms. The van der Waals surface area contributed by atoms with Crippen LogP contribution in [0.5, 0.6) is 0 Å². The number of nitrogens with zero attached hydrogens (tertiary/aromatic N) is 1. The molecule has 1 amide bonds. The summed E-state index contributed by atoms with van der Waals surface area (Å²) < 4.78 is 0. The first-order chi connectivity index (χ1) is 8.86. The van der Waals surface area contributed by atoms with Gasteiger partial charge in [0.25, 0.3) is 0 Å². The highest BCUT2D eigenvalue weighted by Gasteiger charge is 2.33. The lowest BCUT2D eigenvalue weighted by atomic mass is 9.88. The highest BCUT2D eigenvalue weighted by Crippen LogP contribution is 2.26. The maximum atomic E-state index is 12.4. The first-order valence-electron chi connectivity index (χ1n) is 6.93. The molecule has 1 aliphatic rings. The average molecular weight is 280 g/mol. The summed E-state index contributed by atoms with van der Waals surface area (Å²) in [5.41, 5.74) is 5.82. The molecule has 0 spiro atoms.